The van der Waals surface area contributed by atoms with Crippen molar-refractivity contribution in [1.82, 2.24) is 9.62 Å². The molecule has 1 saturated heterocycles. The normalized spacial score (nSPS) is 22.8. The summed E-state index contributed by atoms with van der Waals surface area (Å²) in [5.74, 6) is -1.80. The van der Waals surface area contributed by atoms with Gasteiger partial charge in [0.25, 0.3) is 5.91 Å². The molecule has 1 amide bonds. The van der Waals surface area contributed by atoms with Gasteiger partial charge in [0.2, 0.25) is 10.0 Å². The number of carbonyl (C=O) groups is 1. The summed E-state index contributed by atoms with van der Waals surface area (Å²) in [5, 5.41) is 9.92. The van der Waals surface area contributed by atoms with Crippen LogP contribution in [0.4, 0.5) is 8.78 Å². The minimum absolute atomic E-state index is 0.332. The van der Waals surface area contributed by atoms with Gasteiger partial charge in [0, 0.05) is 24.1 Å². The van der Waals surface area contributed by atoms with Crippen LogP contribution in [0.15, 0.2) is 42.5 Å². The van der Waals surface area contributed by atoms with Gasteiger partial charge in [-0.25, -0.2) is 21.9 Å². The van der Waals surface area contributed by atoms with E-state index >= 15 is 0 Å². The van der Waals surface area contributed by atoms with E-state index in [1.165, 1.54) is 19.1 Å². The second-order valence-corrected chi connectivity index (χ2v) is 10.8. The number of aliphatic hydroxyl groups excluding tert-OH is 1. The number of benzene rings is 2. The summed E-state index contributed by atoms with van der Waals surface area (Å²) in [6.45, 7) is 1.78. The number of halogens is 2. The molecule has 1 aliphatic heterocycles. The Labute approximate surface area is 186 Å². The third-order valence-corrected chi connectivity index (χ3v) is 7.05. The lowest BCUT2D eigenvalue weighted by Crippen LogP contribution is -2.50. The molecule has 2 fully saturated rings. The molecule has 9 heteroatoms. The molecular formula is C23H26F2N2O4S. The molecule has 1 spiro atoms. The van der Waals surface area contributed by atoms with Crippen molar-refractivity contribution in [3.05, 3.63) is 59.7 Å². The standard InChI is InChI=1S/C23H26F2N2O4S/c1-14(28)22(29)27-13-23(6-7-23)21(26-32(2,30)31)20(27)9-15-4-3-5-16(8-15)17-10-18(24)12-19(25)11-17/h3-5,8,10-12,14,20-21,26,28H,6-7,9,13H2,1-2H3/t14-,20?,21?/m1/s1. The van der Waals surface area contributed by atoms with Gasteiger partial charge in [-0.2, -0.15) is 0 Å². The minimum atomic E-state index is -3.53. The number of aliphatic hydroxyl groups is 1. The molecule has 2 aliphatic rings. The number of hydrogen-bond donors (Lipinski definition) is 2. The Morgan fingerprint density at radius 1 is 1.19 bits per heavy atom. The van der Waals surface area contributed by atoms with Crippen LogP contribution >= 0.6 is 0 Å². The number of carbonyl (C=O) groups excluding carboxylic acids is 1. The molecule has 0 aromatic heterocycles. The average Bonchev–Trinajstić information content (AvgIpc) is 3.42. The summed E-state index contributed by atoms with van der Waals surface area (Å²) in [7, 11) is -3.53. The van der Waals surface area contributed by atoms with Crippen LogP contribution in [0.2, 0.25) is 0 Å². The van der Waals surface area contributed by atoms with E-state index < -0.39 is 45.8 Å². The van der Waals surface area contributed by atoms with Crippen LogP contribution < -0.4 is 4.72 Å². The minimum Gasteiger partial charge on any atom is -0.384 e. The zero-order chi connectivity index (χ0) is 23.3. The highest BCUT2D eigenvalue weighted by Crippen LogP contribution is 2.55. The maximum absolute atomic E-state index is 13.7. The van der Waals surface area contributed by atoms with Gasteiger partial charge >= 0.3 is 0 Å². The first-order valence-corrected chi connectivity index (χ1v) is 12.4. The van der Waals surface area contributed by atoms with Gasteiger partial charge in [0.1, 0.15) is 17.7 Å². The Bertz CT molecular complexity index is 1130. The molecule has 2 N–H and O–H groups in total. The maximum atomic E-state index is 13.7. The Morgan fingerprint density at radius 2 is 1.84 bits per heavy atom. The van der Waals surface area contributed by atoms with Crippen LogP contribution in [0.1, 0.15) is 25.3 Å². The maximum Gasteiger partial charge on any atom is 0.251 e. The predicted molar refractivity (Wildman–Crippen MR) is 116 cm³/mol. The van der Waals surface area contributed by atoms with E-state index in [2.05, 4.69) is 4.72 Å². The average molecular weight is 465 g/mol. The SMILES string of the molecule is C[C@@H](O)C(=O)N1CC2(CC2)C(NS(C)(=O)=O)C1Cc1cccc(-c2cc(F)cc(F)c2)c1. The third kappa shape index (κ3) is 4.69. The largest absolute Gasteiger partial charge is 0.384 e. The number of nitrogens with one attached hydrogen (secondary N) is 1. The highest BCUT2D eigenvalue weighted by Gasteiger charge is 2.61. The first-order valence-electron chi connectivity index (χ1n) is 10.5. The molecule has 0 bridgehead atoms. The van der Waals surface area contributed by atoms with Crippen molar-refractivity contribution in [2.24, 2.45) is 5.41 Å². The van der Waals surface area contributed by atoms with Crippen molar-refractivity contribution in [3.8, 4) is 11.1 Å². The molecule has 1 saturated carbocycles. The molecular weight excluding hydrogens is 438 g/mol. The van der Waals surface area contributed by atoms with Crippen LogP contribution in [0.25, 0.3) is 11.1 Å². The Kier molecular flexibility index (Phi) is 5.85. The van der Waals surface area contributed by atoms with Crippen molar-refractivity contribution in [2.75, 3.05) is 12.8 Å². The van der Waals surface area contributed by atoms with Gasteiger partial charge in [0.05, 0.1) is 12.3 Å². The van der Waals surface area contributed by atoms with E-state index in [9.17, 15) is 27.1 Å². The van der Waals surface area contributed by atoms with Gasteiger partial charge < -0.3 is 10.0 Å². The molecule has 172 valence electrons. The zero-order valence-corrected chi connectivity index (χ0v) is 18.7. The molecule has 32 heavy (non-hydrogen) atoms. The summed E-state index contributed by atoms with van der Waals surface area (Å²) >= 11 is 0. The fraction of sp³-hybridized carbons (Fsp3) is 0.435. The lowest BCUT2D eigenvalue weighted by Gasteiger charge is -2.30. The molecule has 6 nitrogen and oxygen atoms in total. The van der Waals surface area contributed by atoms with E-state index in [0.717, 1.165) is 30.7 Å². The molecule has 2 unspecified atom stereocenters. The summed E-state index contributed by atoms with van der Waals surface area (Å²) in [6.07, 6.45) is 1.82. The van der Waals surface area contributed by atoms with Gasteiger partial charge in [-0.3, -0.25) is 4.79 Å². The second-order valence-electron chi connectivity index (χ2n) is 9.00. The Morgan fingerprint density at radius 3 is 2.41 bits per heavy atom. The second kappa shape index (κ2) is 8.20. The highest BCUT2D eigenvalue weighted by molar-refractivity contribution is 7.88. The van der Waals surface area contributed by atoms with Gasteiger partial charge in [-0.1, -0.05) is 24.3 Å². The topological polar surface area (TPSA) is 86.7 Å². The van der Waals surface area contributed by atoms with Crippen LogP contribution in [0, 0.1) is 17.0 Å². The van der Waals surface area contributed by atoms with Gasteiger partial charge in [-0.05, 0) is 55.0 Å². The fourth-order valence-corrected chi connectivity index (χ4v) is 5.62. The van der Waals surface area contributed by atoms with Crippen LogP contribution in [-0.4, -0.2) is 55.3 Å². The number of likely N-dealkylation sites (tertiary alicyclic amines) is 1. The molecule has 1 aliphatic carbocycles. The Balaban J connectivity index is 1.68. The van der Waals surface area contributed by atoms with Crippen molar-refractivity contribution < 1.29 is 27.1 Å². The van der Waals surface area contributed by atoms with Gasteiger partial charge in [-0.15, -0.1) is 0 Å². The summed E-state index contributed by atoms with van der Waals surface area (Å²) in [6, 6.07) is 9.44. The zero-order valence-electron chi connectivity index (χ0n) is 17.9. The van der Waals surface area contributed by atoms with Crippen molar-refractivity contribution in [3.63, 3.8) is 0 Å². The number of rotatable bonds is 6. The lowest BCUT2D eigenvalue weighted by atomic mass is 9.91. The summed E-state index contributed by atoms with van der Waals surface area (Å²) < 4.78 is 54.3. The first-order chi connectivity index (χ1) is 15.0. The quantitative estimate of drug-likeness (QED) is 0.688. The first kappa shape index (κ1) is 22.8. The van der Waals surface area contributed by atoms with Gasteiger partial charge in [0.15, 0.2) is 0 Å². The number of nitrogens with zero attached hydrogens (tertiary/aromatic N) is 1. The van der Waals surface area contributed by atoms with E-state index in [0.29, 0.717) is 24.1 Å². The molecule has 3 atom stereocenters. The van der Waals surface area contributed by atoms with Crippen LogP contribution in [0.3, 0.4) is 0 Å². The third-order valence-electron chi connectivity index (χ3n) is 6.37. The van der Waals surface area contributed by atoms with E-state index in [1.807, 2.05) is 6.07 Å². The predicted octanol–water partition coefficient (Wildman–Crippen LogP) is 2.46. The van der Waals surface area contributed by atoms with Crippen molar-refractivity contribution in [1.29, 1.82) is 0 Å². The smallest absolute Gasteiger partial charge is 0.251 e. The Hall–Kier alpha value is -2.36. The molecule has 4 rings (SSSR count). The number of amides is 1. The molecule has 0 radical (unpaired) electrons. The molecule has 1 heterocycles. The van der Waals surface area contributed by atoms with Crippen molar-refractivity contribution in [2.45, 2.75) is 44.4 Å². The van der Waals surface area contributed by atoms with Crippen LogP contribution in [0.5, 0.6) is 0 Å². The summed E-state index contributed by atoms with van der Waals surface area (Å²) in [5.41, 5.74) is 1.46. The van der Waals surface area contributed by atoms with E-state index in [1.54, 1.807) is 23.1 Å². The lowest BCUT2D eigenvalue weighted by molar-refractivity contribution is -0.140. The monoisotopic (exact) mass is 464 g/mol. The van der Waals surface area contributed by atoms with Crippen LogP contribution in [-0.2, 0) is 21.2 Å². The fourth-order valence-electron chi connectivity index (χ4n) is 4.76. The molecule has 2 aromatic carbocycles. The van der Waals surface area contributed by atoms with E-state index in [4.69, 9.17) is 0 Å². The summed E-state index contributed by atoms with van der Waals surface area (Å²) in [4.78, 5) is 14.3. The van der Waals surface area contributed by atoms with Crippen molar-refractivity contribution >= 4 is 15.9 Å². The molecule has 2 aromatic rings. The van der Waals surface area contributed by atoms with E-state index in [-0.39, 0.29) is 5.41 Å². The number of hydrogen-bond acceptors (Lipinski definition) is 4. The number of sulfonamides is 1. The highest BCUT2D eigenvalue weighted by atomic mass is 32.2.